The summed E-state index contributed by atoms with van der Waals surface area (Å²) in [7, 11) is -3.40. The lowest BCUT2D eigenvalue weighted by Crippen LogP contribution is -2.16. The minimum atomic E-state index is -3.40. The molecule has 0 aliphatic heterocycles. The third-order valence-corrected chi connectivity index (χ3v) is 5.84. The predicted octanol–water partition coefficient (Wildman–Crippen LogP) is 3.74. The number of hydrogen-bond acceptors (Lipinski definition) is 3. The quantitative estimate of drug-likeness (QED) is 0.928. The smallest absolute Gasteiger partial charge is 0.255 e. The van der Waals surface area contributed by atoms with Gasteiger partial charge in [-0.15, -0.1) is 0 Å². The number of aryl methyl sites for hydroxylation is 2. The van der Waals surface area contributed by atoms with E-state index in [4.69, 9.17) is 0 Å². The Morgan fingerprint density at radius 3 is 2.39 bits per heavy atom. The Balaban J connectivity index is 2.32. The first-order valence-corrected chi connectivity index (χ1v) is 8.99. The van der Waals surface area contributed by atoms with Gasteiger partial charge in [-0.05, 0) is 63.1 Å². The van der Waals surface area contributed by atoms with Crippen LogP contribution >= 0.6 is 0 Å². The third-order valence-electron chi connectivity index (χ3n) is 3.69. The summed E-state index contributed by atoms with van der Waals surface area (Å²) in [6, 6.07) is 11.9. The number of anilines is 1. The zero-order chi connectivity index (χ0) is 17.2. The van der Waals surface area contributed by atoms with Crippen LogP contribution in [0.25, 0.3) is 0 Å². The number of carbonyl (C=O) groups excluding carboxylic acids is 1. The van der Waals surface area contributed by atoms with Crippen LogP contribution in [0.3, 0.4) is 0 Å². The molecular formula is C18H21NO3S. The van der Waals surface area contributed by atoms with E-state index in [1.54, 1.807) is 26.0 Å². The van der Waals surface area contributed by atoms with E-state index in [9.17, 15) is 13.2 Å². The Bertz CT molecular complexity index is 839. The van der Waals surface area contributed by atoms with Gasteiger partial charge in [0.05, 0.1) is 10.1 Å². The van der Waals surface area contributed by atoms with Crippen LogP contribution in [0.5, 0.6) is 0 Å². The fourth-order valence-corrected chi connectivity index (χ4v) is 3.26. The number of sulfone groups is 1. The van der Waals surface area contributed by atoms with Crippen molar-refractivity contribution in [2.75, 3.05) is 5.32 Å². The van der Waals surface area contributed by atoms with Crippen molar-refractivity contribution in [3.63, 3.8) is 0 Å². The molecule has 5 heteroatoms. The fourth-order valence-electron chi connectivity index (χ4n) is 2.15. The maximum absolute atomic E-state index is 12.4. The number of amides is 1. The number of carbonyl (C=O) groups is 1. The topological polar surface area (TPSA) is 63.2 Å². The van der Waals surface area contributed by atoms with Gasteiger partial charge in [0.25, 0.3) is 5.91 Å². The first kappa shape index (κ1) is 17.2. The maximum Gasteiger partial charge on any atom is 0.255 e. The Morgan fingerprint density at radius 2 is 1.74 bits per heavy atom. The SMILES string of the molecule is Cc1ccc(C)c(NC(=O)c2cccc(S(=O)(=O)C(C)C)c2)c1. The van der Waals surface area contributed by atoms with Crippen LogP contribution in [0.4, 0.5) is 5.69 Å². The van der Waals surface area contributed by atoms with Crippen LogP contribution in [0, 0.1) is 13.8 Å². The molecule has 0 saturated heterocycles. The van der Waals surface area contributed by atoms with E-state index in [-0.39, 0.29) is 10.8 Å². The molecule has 2 rings (SSSR count). The van der Waals surface area contributed by atoms with E-state index in [1.165, 1.54) is 12.1 Å². The van der Waals surface area contributed by atoms with Crippen molar-refractivity contribution in [3.05, 3.63) is 59.2 Å². The highest BCUT2D eigenvalue weighted by molar-refractivity contribution is 7.92. The fraction of sp³-hybridized carbons (Fsp3) is 0.278. The molecule has 0 aliphatic rings. The highest BCUT2D eigenvalue weighted by Crippen LogP contribution is 2.20. The minimum absolute atomic E-state index is 0.168. The zero-order valence-electron chi connectivity index (χ0n) is 13.8. The largest absolute Gasteiger partial charge is 0.322 e. The first-order chi connectivity index (χ1) is 10.7. The van der Waals surface area contributed by atoms with Gasteiger partial charge < -0.3 is 5.32 Å². The van der Waals surface area contributed by atoms with Crippen molar-refractivity contribution in [1.29, 1.82) is 0 Å². The minimum Gasteiger partial charge on any atom is -0.322 e. The molecule has 0 atom stereocenters. The molecule has 0 fully saturated rings. The molecule has 2 aromatic rings. The summed E-state index contributed by atoms with van der Waals surface area (Å²) in [5.41, 5.74) is 3.05. The number of rotatable bonds is 4. The predicted molar refractivity (Wildman–Crippen MR) is 92.6 cm³/mol. The lowest BCUT2D eigenvalue weighted by Gasteiger charge is -2.11. The average Bonchev–Trinajstić information content (AvgIpc) is 2.50. The molecule has 1 N–H and O–H groups in total. The lowest BCUT2D eigenvalue weighted by atomic mass is 10.1. The van der Waals surface area contributed by atoms with Crippen LogP contribution in [-0.4, -0.2) is 19.6 Å². The van der Waals surface area contributed by atoms with E-state index < -0.39 is 15.1 Å². The summed E-state index contributed by atoms with van der Waals surface area (Å²) in [4.78, 5) is 12.6. The molecule has 1 amide bonds. The Kier molecular flexibility index (Phi) is 4.90. The van der Waals surface area contributed by atoms with Gasteiger partial charge in [-0.3, -0.25) is 4.79 Å². The summed E-state index contributed by atoms with van der Waals surface area (Å²) in [5.74, 6) is -0.320. The molecule has 0 heterocycles. The third kappa shape index (κ3) is 3.79. The molecule has 23 heavy (non-hydrogen) atoms. The molecular weight excluding hydrogens is 310 g/mol. The van der Waals surface area contributed by atoms with Crippen molar-refractivity contribution in [2.24, 2.45) is 0 Å². The van der Waals surface area contributed by atoms with Crippen LogP contribution < -0.4 is 5.32 Å². The zero-order valence-corrected chi connectivity index (χ0v) is 14.6. The maximum atomic E-state index is 12.4. The number of hydrogen-bond donors (Lipinski definition) is 1. The van der Waals surface area contributed by atoms with Crippen LogP contribution in [0.15, 0.2) is 47.4 Å². The second-order valence-electron chi connectivity index (χ2n) is 5.89. The molecule has 4 nitrogen and oxygen atoms in total. The van der Waals surface area contributed by atoms with Crippen molar-refractivity contribution in [2.45, 2.75) is 37.8 Å². The van der Waals surface area contributed by atoms with E-state index in [1.807, 2.05) is 32.0 Å². The summed E-state index contributed by atoms with van der Waals surface area (Å²) >= 11 is 0. The molecule has 0 radical (unpaired) electrons. The molecule has 0 aromatic heterocycles. The van der Waals surface area contributed by atoms with E-state index in [2.05, 4.69) is 5.32 Å². The molecule has 0 unspecified atom stereocenters. The highest BCUT2D eigenvalue weighted by Gasteiger charge is 2.20. The number of nitrogens with one attached hydrogen (secondary N) is 1. The van der Waals surface area contributed by atoms with Crippen molar-refractivity contribution < 1.29 is 13.2 Å². The van der Waals surface area contributed by atoms with E-state index >= 15 is 0 Å². The van der Waals surface area contributed by atoms with Gasteiger partial charge in [0, 0.05) is 11.3 Å². The van der Waals surface area contributed by atoms with Gasteiger partial charge in [-0.1, -0.05) is 18.2 Å². The average molecular weight is 331 g/mol. The Labute approximate surface area is 137 Å². The van der Waals surface area contributed by atoms with Gasteiger partial charge in [0.2, 0.25) is 0 Å². The summed E-state index contributed by atoms with van der Waals surface area (Å²) in [5, 5.41) is 2.31. The standard InChI is InChI=1S/C18H21NO3S/c1-12(2)23(21,22)16-7-5-6-15(11-16)18(20)19-17-10-13(3)8-9-14(17)4/h5-12H,1-4H3,(H,19,20). The molecule has 122 valence electrons. The molecule has 0 bridgehead atoms. The van der Waals surface area contributed by atoms with Crippen LogP contribution in [-0.2, 0) is 9.84 Å². The number of benzene rings is 2. The van der Waals surface area contributed by atoms with Gasteiger partial charge in [0.15, 0.2) is 9.84 Å². The van der Waals surface area contributed by atoms with Gasteiger partial charge >= 0.3 is 0 Å². The molecule has 0 saturated carbocycles. The van der Waals surface area contributed by atoms with Crippen LogP contribution in [0.1, 0.15) is 35.3 Å². The van der Waals surface area contributed by atoms with Gasteiger partial charge in [0.1, 0.15) is 0 Å². The summed E-state index contributed by atoms with van der Waals surface area (Å²) in [6.07, 6.45) is 0. The monoisotopic (exact) mass is 331 g/mol. The first-order valence-electron chi connectivity index (χ1n) is 7.44. The normalized spacial score (nSPS) is 11.5. The Morgan fingerprint density at radius 1 is 1.04 bits per heavy atom. The lowest BCUT2D eigenvalue weighted by molar-refractivity contribution is 0.102. The van der Waals surface area contributed by atoms with E-state index in [0.717, 1.165) is 16.8 Å². The molecule has 0 spiro atoms. The second kappa shape index (κ2) is 6.54. The van der Waals surface area contributed by atoms with Crippen molar-refractivity contribution in [3.8, 4) is 0 Å². The summed E-state index contributed by atoms with van der Waals surface area (Å²) < 4.78 is 24.5. The molecule has 2 aromatic carbocycles. The van der Waals surface area contributed by atoms with Gasteiger partial charge in [-0.2, -0.15) is 0 Å². The van der Waals surface area contributed by atoms with Crippen LogP contribution in [0.2, 0.25) is 0 Å². The highest BCUT2D eigenvalue weighted by atomic mass is 32.2. The van der Waals surface area contributed by atoms with Crippen molar-refractivity contribution in [1.82, 2.24) is 0 Å². The summed E-state index contributed by atoms with van der Waals surface area (Å²) in [6.45, 7) is 7.11. The Hall–Kier alpha value is -2.14. The van der Waals surface area contributed by atoms with Crippen molar-refractivity contribution >= 4 is 21.4 Å². The molecule has 0 aliphatic carbocycles. The van der Waals surface area contributed by atoms with E-state index in [0.29, 0.717) is 5.56 Å². The second-order valence-corrected chi connectivity index (χ2v) is 8.40. The van der Waals surface area contributed by atoms with Gasteiger partial charge in [-0.25, -0.2) is 8.42 Å².